The molecule has 0 aliphatic heterocycles. The quantitative estimate of drug-likeness (QED) is 0.867. The van der Waals surface area contributed by atoms with Gasteiger partial charge in [-0.2, -0.15) is 0 Å². The molecule has 0 saturated carbocycles. The third-order valence-corrected chi connectivity index (χ3v) is 2.89. The number of methoxy groups -OCH3 is 1. The molecule has 102 valence electrons. The molecule has 2 aromatic rings. The van der Waals surface area contributed by atoms with Crippen molar-refractivity contribution in [2.24, 2.45) is 0 Å². The van der Waals surface area contributed by atoms with E-state index in [4.69, 9.17) is 4.74 Å². The van der Waals surface area contributed by atoms with Crippen LogP contribution in [0.1, 0.15) is 27.6 Å². The molecule has 0 radical (unpaired) electrons. The fraction of sp³-hybridized carbons (Fsp3) is 0.125. The number of carbonyl (C=O) groups is 2. The zero-order valence-electron chi connectivity index (χ0n) is 11.3. The minimum Gasteiger partial charge on any atom is -0.497 e. The molecular formula is C16H15NO3. The number of nitrogens with one attached hydrogen (secondary N) is 1. The first-order valence-electron chi connectivity index (χ1n) is 6.17. The highest BCUT2D eigenvalue weighted by atomic mass is 16.5. The smallest absolute Gasteiger partial charge is 0.255 e. The molecule has 1 N–H and O–H groups in total. The molecular weight excluding hydrogens is 254 g/mol. The van der Waals surface area contributed by atoms with Crippen molar-refractivity contribution in [3.8, 4) is 5.75 Å². The molecule has 0 heterocycles. The molecule has 4 nitrogen and oxygen atoms in total. The van der Waals surface area contributed by atoms with Gasteiger partial charge in [0.15, 0.2) is 5.78 Å². The number of anilines is 1. The molecule has 0 saturated heterocycles. The minimum absolute atomic E-state index is 0.132. The van der Waals surface area contributed by atoms with Gasteiger partial charge < -0.3 is 10.1 Å². The number of hydrogen-bond acceptors (Lipinski definition) is 3. The SMILES string of the molecule is COc1ccc(NC(=O)c2ccccc2)c(C(C)=O)c1. The Hall–Kier alpha value is -2.62. The molecule has 0 spiro atoms. The second-order valence-electron chi connectivity index (χ2n) is 4.29. The molecule has 2 aromatic carbocycles. The maximum absolute atomic E-state index is 12.1. The van der Waals surface area contributed by atoms with Crippen LogP contribution >= 0.6 is 0 Å². The summed E-state index contributed by atoms with van der Waals surface area (Å²) in [7, 11) is 1.53. The largest absolute Gasteiger partial charge is 0.497 e. The maximum atomic E-state index is 12.1. The lowest BCUT2D eigenvalue weighted by atomic mass is 10.1. The molecule has 1 amide bonds. The van der Waals surface area contributed by atoms with Gasteiger partial charge in [0, 0.05) is 11.1 Å². The van der Waals surface area contributed by atoms with Crippen LogP contribution in [0, 0.1) is 0 Å². The molecule has 0 aliphatic rings. The van der Waals surface area contributed by atoms with Gasteiger partial charge in [0.2, 0.25) is 0 Å². The molecule has 0 aliphatic carbocycles. The first-order chi connectivity index (χ1) is 9.61. The third kappa shape index (κ3) is 3.03. The molecule has 2 rings (SSSR count). The number of hydrogen-bond donors (Lipinski definition) is 1. The summed E-state index contributed by atoms with van der Waals surface area (Å²) < 4.78 is 5.08. The van der Waals surface area contributed by atoms with Crippen LogP contribution in [0.2, 0.25) is 0 Å². The van der Waals surface area contributed by atoms with Crippen molar-refractivity contribution in [3.05, 3.63) is 59.7 Å². The molecule has 0 aromatic heterocycles. The van der Waals surface area contributed by atoms with Crippen LogP contribution in [0.15, 0.2) is 48.5 Å². The number of carbonyl (C=O) groups excluding carboxylic acids is 2. The van der Waals surface area contributed by atoms with E-state index in [0.29, 0.717) is 22.6 Å². The second kappa shape index (κ2) is 6.02. The van der Waals surface area contributed by atoms with Crippen molar-refractivity contribution in [2.75, 3.05) is 12.4 Å². The van der Waals surface area contributed by atoms with E-state index in [2.05, 4.69) is 5.32 Å². The van der Waals surface area contributed by atoms with E-state index < -0.39 is 0 Å². The summed E-state index contributed by atoms with van der Waals surface area (Å²) in [4.78, 5) is 23.7. The van der Waals surface area contributed by atoms with Gasteiger partial charge in [0.05, 0.1) is 12.8 Å². The summed E-state index contributed by atoms with van der Waals surface area (Å²) in [6.45, 7) is 1.45. The molecule has 0 atom stereocenters. The fourth-order valence-electron chi connectivity index (χ4n) is 1.83. The Morgan fingerprint density at radius 1 is 1.05 bits per heavy atom. The van der Waals surface area contributed by atoms with E-state index in [1.54, 1.807) is 42.5 Å². The number of Topliss-reactive ketones (excluding diaryl/α,β-unsaturated/α-hetero) is 1. The van der Waals surface area contributed by atoms with Gasteiger partial charge in [-0.3, -0.25) is 9.59 Å². The highest BCUT2D eigenvalue weighted by Gasteiger charge is 2.12. The first-order valence-corrected chi connectivity index (χ1v) is 6.17. The van der Waals surface area contributed by atoms with Crippen molar-refractivity contribution >= 4 is 17.4 Å². The normalized spacial score (nSPS) is 9.90. The summed E-state index contributed by atoms with van der Waals surface area (Å²) in [5, 5.41) is 2.74. The summed E-state index contributed by atoms with van der Waals surface area (Å²) in [6.07, 6.45) is 0. The summed E-state index contributed by atoms with van der Waals surface area (Å²) in [5.74, 6) is 0.193. The van der Waals surface area contributed by atoms with E-state index in [-0.39, 0.29) is 11.7 Å². The van der Waals surface area contributed by atoms with E-state index in [1.807, 2.05) is 6.07 Å². The van der Waals surface area contributed by atoms with Gasteiger partial charge in [-0.1, -0.05) is 18.2 Å². The number of ether oxygens (including phenoxy) is 1. The molecule has 20 heavy (non-hydrogen) atoms. The standard InChI is InChI=1S/C16H15NO3/c1-11(18)14-10-13(20-2)8-9-15(14)17-16(19)12-6-4-3-5-7-12/h3-10H,1-2H3,(H,17,19). The number of rotatable bonds is 4. The van der Waals surface area contributed by atoms with Gasteiger partial charge in [0.1, 0.15) is 5.75 Å². The van der Waals surface area contributed by atoms with Gasteiger partial charge in [-0.05, 0) is 37.3 Å². The highest BCUT2D eigenvalue weighted by Crippen LogP contribution is 2.23. The van der Waals surface area contributed by atoms with Crippen molar-refractivity contribution in [2.45, 2.75) is 6.92 Å². The molecule has 0 unspecified atom stereocenters. The van der Waals surface area contributed by atoms with Crippen LogP contribution in [-0.4, -0.2) is 18.8 Å². The fourth-order valence-corrected chi connectivity index (χ4v) is 1.83. The van der Waals surface area contributed by atoms with Crippen molar-refractivity contribution in [3.63, 3.8) is 0 Å². The zero-order valence-corrected chi connectivity index (χ0v) is 11.3. The first kappa shape index (κ1) is 13.8. The Labute approximate surface area is 117 Å². The average molecular weight is 269 g/mol. The number of benzene rings is 2. The minimum atomic E-state index is -0.252. The maximum Gasteiger partial charge on any atom is 0.255 e. The van der Waals surface area contributed by atoms with E-state index in [9.17, 15) is 9.59 Å². The van der Waals surface area contributed by atoms with Crippen molar-refractivity contribution in [1.82, 2.24) is 0 Å². The summed E-state index contributed by atoms with van der Waals surface area (Å²) in [5.41, 5.74) is 1.44. The summed E-state index contributed by atoms with van der Waals surface area (Å²) >= 11 is 0. The lowest BCUT2D eigenvalue weighted by Gasteiger charge is -2.10. The number of ketones is 1. The van der Waals surface area contributed by atoms with Crippen LogP contribution in [0.25, 0.3) is 0 Å². The zero-order chi connectivity index (χ0) is 14.5. The second-order valence-corrected chi connectivity index (χ2v) is 4.29. The van der Waals surface area contributed by atoms with Gasteiger partial charge in [-0.15, -0.1) is 0 Å². The van der Waals surface area contributed by atoms with Crippen LogP contribution < -0.4 is 10.1 Å². The Bertz CT molecular complexity index is 635. The average Bonchev–Trinajstić information content (AvgIpc) is 2.48. The van der Waals surface area contributed by atoms with Gasteiger partial charge in [-0.25, -0.2) is 0 Å². The Morgan fingerprint density at radius 3 is 2.35 bits per heavy atom. The van der Waals surface area contributed by atoms with Crippen molar-refractivity contribution < 1.29 is 14.3 Å². The Balaban J connectivity index is 2.29. The van der Waals surface area contributed by atoms with E-state index in [0.717, 1.165) is 0 Å². The monoisotopic (exact) mass is 269 g/mol. The number of amides is 1. The van der Waals surface area contributed by atoms with Crippen molar-refractivity contribution in [1.29, 1.82) is 0 Å². The van der Waals surface area contributed by atoms with Crippen LogP contribution in [0.5, 0.6) is 5.75 Å². The van der Waals surface area contributed by atoms with E-state index in [1.165, 1.54) is 14.0 Å². The van der Waals surface area contributed by atoms with E-state index >= 15 is 0 Å². The predicted molar refractivity (Wildman–Crippen MR) is 77.4 cm³/mol. The van der Waals surface area contributed by atoms with Gasteiger partial charge in [0.25, 0.3) is 5.91 Å². The van der Waals surface area contributed by atoms with Crippen LogP contribution in [0.4, 0.5) is 5.69 Å². The van der Waals surface area contributed by atoms with Gasteiger partial charge >= 0.3 is 0 Å². The van der Waals surface area contributed by atoms with Crippen LogP contribution in [0.3, 0.4) is 0 Å². The predicted octanol–water partition coefficient (Wildman–Crippen LogP) is 3.15. The van der Waals surface area contributed by atoms with Crippen LogP contribution in [-0.2, 0) is 0 Å². The lowest BCUT2D eigenvalue weighted by Crippen LogP contribution is -2.14. The molecule has 4 heteroatoms. The third-order valence-electron chi connectivity index (χ3n) is 2.89. The molecule has 0 bridgehead atoms. The highest BCUT2D eigenvalue weighted by molar-refractivity contribution is 6.09. The Kier molecular flexibility index (Phi) is 4.15. The topological polar surface area (TPSA) is 55.4 Å². The summed E-state index contributed by atoms with van der Waals surface area (Å²) in [6, 6.07) is 13.8. The lowest BCUT2D eigenvalue weighted by molar-refractivity contribution is 0.101. The molecule has 0 fully saturated rings. The Morgan fingerprint density at radius 2 is 1.75 bits per heavy atom.